The van der Waals surface area contributed by atoms with E-state index in [1.54, 1.807) is 0 Å². The van der Waals surface area contributed by atoms with Crippen molar-refractivity contribution < 1.29 is 30.8 Å². The summed E-state index contributed by atoms with van der Waals surface area (Å²) < 4.78 is 77.2. The molecular formula is C14H20F5NO2Si. The van der Waals surface area contributed by atoms with Gasteiger partial charge < -0.3 is 14.2 Å². The third-order valence-electron chi connectivity index (χ3n) is 3.22. The summed E-state index contributed by atoms with van der Waals surface area (Å²) in [5.41, 5.74) is -1.02. The fourth-order valence-corrected chi connectivity index (χ4v) is 4.59. The molecule has 0 bridgehead atoms. The van der Waals surface area contributed by atoms with E-state index in [9.17, 15) is 22.0 Å². The molecule has 1 aromatic carbocycles. The molecule has 23 heavy (non-hydrogen) atoms. The van der Waals surface area contributed by atoms with Gasteiger partial charge >= 0.3 is 8.56 Å². The van der Waals surface area contributed by atoms with Crippen LogP contribution in [0.3, 0.4) is 0 Å². The fraction of sp³-hybridized carbons (Fsp3) is 0.571. The molecule has 1 N–H and O–H groups in total. The summed E-state index contributed by atoms with van der Waals surface area (Å²) in [5, 5.41) is 2.26. The Hall–Kier alpha value is -1.19. The van der Waals surface area contributed by atoms with Gasteiger partial charge in [0.1, 0.15) is 5.69 Å². The van der Waals surface area contributed by atoms with Crippen LogP contribution in [0.5, 0.6) is 0 Å². The first kappa shape index (κ1) is 19.9. The number of hydrogen-bond donors (Lipinski definition) is 1. The molecule has 0 fully saturated rings. The van der Waals surface area contributed by atoms with Crippen molar-refractivity contribution >= 4 is 14.2 Å². The van der Waals surface area contributed by atoms with Crippen molar-refractivity contribution in [3.8, 4) is 0 Å². The molecular weight excluding hydrogens is 337 g/mol. The number of halogens is 5. The Bertz CT molecular complexity index is 509. The van der Waals surface area contributed by atoms with Crippen molar-refractivity contribution in [1.29, 1.82) is 0 Å². The standard InChI is InChI=1S/C14H20F5NO2Si/c1-4-21-23(3,22-5-2)8-6-7-20-14-12(18)10(16)9(15)11(17)13(14)19/h20H,4-8H2,1-3H3. The minimum atomic E-state index is -2.38. The molecule has 0 radical (unpaired) electrons. The van der Waals surface area contributed by atoms with Gasteiger partial charge in [0.15, 0.2) is 23.3 Å². The molecule has 0 aromatic heterocycles. The van der Waals surface area contributed by atoms with Gasteiger partial charge in [-0.3, -0.25) is 0 Å². The van der Waals surface area contributed by atoms with Crippen molar-refractivity contribution in [3.63, 3.8) is 0 Å². The Balaban J connectivity index is 2.70. The maximum Gasteiger partial charge on any atom is 0.334 e. The zero-order valence-electron chi connectivity index (χ0n) is 13.2. The quantitative estimate of drug-likeness (QED) is 0.235. The maximum absolute atomic E-state index is 13.5. The molecule has 0 saturated carbocycles. The summed E-state index contributed by atoms with van der Waals surface area (Å²) in [6.45, 7) is 6.51. The van der Waals surface area contributed by atoms with Crippen molar-refractivity contribution in [2.45, 2.75) is 32.9 Å². The number of hydrogen-bond acceptors (Lipinski definition) is 3. The molecule has 0 saturated heterocycles. The van der Waals surface area contributed by atoms with Gasteiger partial charge in [-0.2, -0.15) is 0 Å². The van der Waals surface area contributed by atoms with Crippen LogP contribution in [0, 0.1) is 29.1 Å². The maximum atomic E-state index is 13.5. The first-order valence-corrected chi connectivity index (χ1v) is 9.83. The van der Waals surface area contributed by atoms with Gasteiger partial charge in [-0.1, -0.05) is 0 Å². The third-order valence-corrected chi connectivity index (χ3v) is 6.28. The van der Waals surface area contributed by atoms with E-state index in [-0.39, 0.29) is 6.54 Å². The minimum Gasteiger partial charge on any atom is -0.395 e. The Kier molecular flexibility index (Phi) is 7.42. The van der Waals surface area contributed by atoms with Crippen molar-refractivity contribution in [2.24, 2.45) is 0 Å². The fourth-order valence-electron chi connectivity index (χ4n) is 2.18. The number of benzene rings is 1. The molecule has 1 rings (SSSR count). The number of anilines is 1. The second-order valence-corrected chi connectivity index (χ2v) is 8.32. The van der Waals surface area contributed by atoms with E-state index in [2.05, 4.69) is 5.32 Å². The second-order valence-electron chi connectivity index (χ2n) is 4.98. The lowest BCUT2D eigenvalue weighted by Gasteiger charge is -2.26. The molecule has 0 aliphatic carbocycles. The molecule has 1 aromatic rings. The molecule has 0 aliphatic rings. The highest BCUT2D eigenvalue weighted by Gasteiger charge is 2.30. The van der Waals surface area contributed by atoms with Crippen molar-refractivity contribution in [1.82, 2.24) is 0 Å². The van der Waals surface area contributed by atoms with Crippen molar-refractivity contribution in [2.75, 3.05) is 25.1 Å². The van der Waals surface area contributed by atoms with Gasteiger partial charge in [0.25, 0.3) is 0 Å². The van der Waals surface area contributed by atoms with E-state index in [1.165, 1.54) is 0 Å². The smallest absolute Gasteiger partial charge is 0.334 e. The average Bonchev–Trinajstić information content (AvgIpc) is 2.51. The van der Waals surface area contributed by atoms with E-state index in [0.29, 0.717) is 25.7 Å². The highest BCUT2D eigenvalue weighted by atomic mass is 28.4. The topological polar surface area (TPSA) is 30.5 Å². The van der Waals surface area contributed by atoms with Gasteiger partial charge in [0.2, 0.25) is 5.82 Å². The van der Waals surface area contributed by atoms with Crippen molar-refractivity contribution in [3.05, 3.63) is 29.1 Å². The van der Waals surface area contributed by atoms with Crippen LogP contribution < -0.4 is 5.32 Å². The summed E-state index contributed by atoms with van der Waals surface area (Å²) in [4.78, 5) is 0. The van der Waals surface area contributed by atoms with E-state index in [1.807, 2.05) is 20.4 Å². The van der Waals surface area contributed by atoms with Crippen LogP contribution in [0.15, 0.2) is 0 Å². The monoisotopic (exact) mass is 357 g/mol. The lowest BCUT2D eigenvalue weighted by Crippen LogP contribution is -2.39. The lowest BCUT2D eigenvalue weighted by atomic mass is 10.2. The Labute approximate surface area is 133 Å². The van der Waals surface area contributed by atoms with E-state index in [0.717, 1.165) is 0 Å². The minimum absolute atomic E-state index is 0.0289. The van der Waals surface area contributed by atoms with Gasteiger partial charge in [0, 0.05) is 19.8 Å². The normalized spacial score (nSPS) is 11.8. The largest absolute Gasteiger partial charge is 0.395 e. The van der Waals surface area contributed by atoms with Crippen LogP contribution in [0.25, 0.3) is 0 Å². The predicted octanol–water partition coefficient (Wildman–Crippen LogP) is 4.33. The summed E-state index contributed by atoms with van der Waals surface area (Å²) in [5.74, 6) is -9.83. The highest BCUT2D eigenvalue weighted by molar-refractivity contribution is 6.66. The first-order valence-electron chi connectivity index (χ1n) is 7.30. The van der Waals surface area contributed by atoms with Crippen LogP contribution in [-0.4, -0.2) is 28.3 Å². The summed E-state index contributed by atoms with van der Waals surface area (Å²) in [6.07, 6.45) is 0.405. The Morgan fingerprint density at radius 3 is 1.70 bits per heavy atom. The predicted molar refractivity (Wildman–Crippen MR) is 79.0 cm³/mol. The molecule has 132 valence electrons. The number of nitrogens with one attached hydrogen (secondary N) is 1. The zero-order chi connectivity index (χ0) is 17.6. The van der Waals surface area contributed by atoms with E-state index < -0.39 is 43.3 Å². The number of rotatable bonds is 9. The summed E-state index contributed by atoms with van der Waals surface area (Å²) in [6, 6.07) is 0.525. The Morgan fingerprint density at radius 1 is 0.826 bits per heavy atom. The van der Waals surface area contributed by atoms with Gasteiger partial charge in [0.05, 0.1) is 0 Å². The highest BCUT2D eigenvalue weighted by Crippen LogP contribution is 2.27. The lowest BCUT2D eigenvalue weighted by molar-refractivity contribution is 0.188. The van der Waals surface area contributed by atoms with Crippen LogP contribution in [0.4, 0.5) is 27.6 Å². The summed E-state index contributed by atoms with van der Waals surface area (Å²) in [7, 11) is -2.38. The van der Waals surface area contributed by atoms with Crippen LogP contribution in [-0.2, 0) is 8.85 Å². The molecule has 0 unspecified atom stereocenters. The van der Waals surface area contributed by atoms with Gasteiger partial charge in [-0.15, -0.1) is 0 Å². The second kappa shape index (κ2) is 8.60. The molecule has 9 heteroatoms. The zero-order valence-corrected chi connectivity index (χ0v) is 14.2. The molecule has 0 spiro atoms. The average molecular weight is 357 g/mol. The third kappa shape index (κ3) is 4.89. The first-order chi connectivity index (χ1) is 10.8. The van der Waals surface area contributed by atoms with E-state index >= 15 is 0 Å². The van der Waals surface area contributed by atoms with Gasteiger partial charge in [-0.25, -0.2) is 22.0 Å². The molecule has 3 nitrogen and oxygen atoms in total. The Morgan fingerprint density at radius 2 is 1.26 bits per heavy atom. The summed E-state index contributed by atoms with van der Waals surface area (Å²) >= 11 is 0. The molecule has 0 aliphatic heterocycles. The molecule has 0 atom stereocenters. The molecule has 0 heterocycles. The van der Waals surface area contributed by atoms with Gasteiger partial charge in [-0.05, 0) is 32.9 Å². The molecule has 0 amide bonds. The van der Waals surface area contributed by atoms with Crippen LogP contribution in [0.1, 0.15) is 20.3 Å². The van der Waals surface area contributed by atoms with Crippen LogP contribution >= 0.6 is 0 Å². The van der Waals surface area contributed by atoms with Crippen LogP contribution in [0.2, 0.25) is 12.6 Å². The SMILES string of the molecule is CCO[Si](C)(CCCNc1c(F)c(F)c(F)c(F)c1F)OCC. The van der Waals surface area contributed by atoms with E-state index in [4.69, 9.17) is 8.85 Å².